The van der Waals surface area contributed by atoms with Gasteiger partial charge in [-0.1, -0.05) is 18.2 Å². The standard InChI is InChI=1S/C21H16I2N2O2/c22-18-8-4-16(5-9-18)14-27-20-10-6-15(7-11-20)13-24-25-21(26)17-2-1-3-19(23)12-17/h1-13H,14H2,(H,25,26)/b24-13-. The second kappa shape index (κ2) is 9.84. The average molecular weight is 582 g/mol. The second-order valence-corrected chi connectivity index (χ2v) is 8.18. The third-order valence-electron chi connectivity index (χ3n) is 3.67. The number of amides is 1. The van der Waals surface area contributed by atoms with Crippen molar-refractivity contribution in [2.75, 3.05) is 0 Å². The van der Waals surface area contributed by atoms with Gasteiger partial charge in [-0.05, 0) is 111 Å². The molecule has 1 amide bonds. The van der Waals surface area contributed by atoms with Crippen LogP contribution >= 0.6 is 45.2 Å². The number of nitrogens with zero attached hydrogens (tertiary/aromatic N) is 1. The van der Waals surface area contributed by atoms with Crippen LogP contribution in [0.15, 0.2) is 77.9 Å². The first-order valence-corrected chi connectivity index (χ1v) is 10.3. The molecular weight excluding hydrogens is 566 g/mol. The number of rotatable bonds is 6. The summed E-state index contributed by atoms with van der Waals surface area (Å²) < 4.78 is 7.99. The minimum atomic E-state index is -0.234. The summed E-state index contributed by atoms with van der Waals surface area (Å²) in [6.07, 6.45) is 1.61. The van der Waals surface area contributed by atoms with Gasteiger partial charge in [-0.2, -0.15) is 5.10 Å². The molecule has 27 heavy (non-hydrogen) atoms. The predicted octanol–water partition coefficient (Wildman–Crippen LogP) is 5.24. The number of ether oxygens (including phenoxy) is 1. The van der Waals surface area contributed by atoms with E-state index < -0.39 is 0 Å². The number of nitrogens with one attached hydrogen (secondary N) is 1. The van der Waals surface area contributed by atoms with Crippen LogP contribution in [0.3, 0.4) is 0 Å². The summed E-state index contributed by atoms with van der Waals surface area (Å²) in [7, 11) is 0. The zero-order valence-corrected chi connectivity index (χ0v) is 18.5. The molecule has 0 saturated heterocycles. The van der Waals surface area contributed by atoms with Crippen molar-refractivity contribution in [2.45, 2.75) is 6.61 Å². The molecule has 0 unspecified atom stereocenters. The Morgan fingerprint density at radius 1 is 0.963 bits per heavy atom. The van der Waals surface area contributed by atoms with Crippen LogP contribution in [0.1, 0.15) is 21.5 Å². The highest BCUT2D eigenvalue weighted by Gasteiger charge is 2.03. The Morgan fingerprint density at radius 2 is 1.70 bits per heavy atom. The van der Waals surface area contributed by atoms with Gasteiger partial charge in [-0.15, -0.1) is 0 Å². The highest BCUT2D eigenvalue weighted by Crippen LogP contribution is 2.14. The molecule has 0 spiro atoms. The minimum Gasteiger partial charge on any atom is -0.489 e. The van der Waals surface area contributed by atoms with E-state index >= 15 is 0 Å². The van der Waals surface area contributed by atoms with Gasteiger partial charge in [0.1, 0.15) is 12.4 Å². The number of halogens is 2. The maximum atomic E-state index is 12.0. The normalized spacial score (nSPS) is 10.7. The molecule has 1 N–H and O–H groups in total. The smallest absolute Gasteiger partial charge is 0.271 e. The summed E-state index contributed by atoms with van der Waals surface area (Å²) in [5.41, 5.74) is 5.12. The summed E-state index contributed by atoms with van der Waals surface area (Å²) in [5, 5.41) is 4.01. The lowest BCUT2D eigenvalue weighted by molar-refractivity contribution is 0.0955. The van der Waals surface area contributed by atoms with Crippen molar-refractivity contribution in [3.63, 3.8) is 0 Å². The Hall–Kier alpha value is -1.94. The molecule has 0 bridgehead atoms. The summed E-state index contributed by atoms with van der Waals surface area (Å²) in [5.74, 6) is 0.552. The van der Waals surface area contributed by atoms with Crippen LogP contribution in [0.25, 0.3) is 0 Å². The number of hydrogen-bond donors (Lipinski definition) is 1. The molecule has 6 heteroatoms. The van der Waals surface area contributed by atoms with E-state index in [1.165, 1.54) is 3.57 Å². The van der Waals surface area contributed by atoms with Gasteiger partial charge in [0.15, 0.2) is 0 Å². The molecule has 0 radical (unpaired) electrons. The Bertz CT molecular complexity index is 939. The fourth-order valence-electron chi connectivity index (χ4n) is 2.26. The van der Waals surface area contributed by atoms with E-state index in [0.717, 1.165) is 20.4 Å². The molecule has 0 heterocycles. The van der Waals surface area contributed by atoms with Crippen LogP contribution in [0.5, 0.6) is 5.75 Å². The van der Waals surface area contributed by atoms with E-state index in [1.807, 2.05) is 42.5 Å². The van der Waals surface area contributed by atoms with Crippen molar-refractivity contribution in [1.82, 2.24) is 5.43 Å². The van der Waals surface area contributed by atoms with Gasteiger partial charge < -0.3 is 4.74 Å². The molecule has 3 rings (SSSR count). The Balaban J connectivity index is 1.51. The number of hydrogen-bond acceptors (Lipinski definition) is 3. The third kappa shape index (κ3) is 6.31. The molecule has 136 valence electrons. The Labute approximate surface area is 185 Å². The molecule has 0 aromatic heterocycles. The molecular formula is C21H16I2N2O2. The van der Waals surface area contributed by atoms with E-state index in [-0.39, 0.29) is 5.91 Å². The van der Waals surface area contributed by atoms with E-state index in [2.05, 4.69) is 80.0 Å². The quantitative estimate of drug-likeness (QED) is 0.246. The summed E-state index contributed by atoms with van der Waals surface area (Å²) in [6, 6.07) is 23.1. The van der Waals surface area contributed by atoms with Crippen molar-refractivity contribution in [3.8, 4) is 5.75 Å². The zero-order chi connectivity index (χ0) is 19.1. The van der Waals surface area contributed by atoms with Gasteiger partial charge in [0.2, 0.25) is 0 Å². The number of benzene rings is 3. The summed E-state index contributed by atoms with van der Waals surface area (Å²) in [4.78, 5) is 12.0. The van der Waals surface area contributed by atoms with Gasteiger partial charge in [0.05, 0.1) is 6.21 Å². The van der Waals surface area contributed by atoms with Crippen LogP contribution < -0.4 is 10.2 Å². The van der Waals surface area contributed by atoms with Crippen molar-refractivity contribution in [2.24, 2.45) is 5.10 Å². The van der Waals surface area contributed by atoms with Gasteiger partial charge in [0.25, 0.3) is 5.91 Å². The van der Waals surface area contributed by atoms with Gasteiger partial charge >= 0.3 is 0 Å². The second-order valence-electron chi connectivity index (χ2n) is 5.69. The Morgan fingerprint density at radius 3 is 2.41 bits per heavy atom. The van der Waals surface area contributed by atoms with Crippen LogP contribution in [0.4, 0.5) is 0 Å². The minimum absolute atomic E-state index is 0.234. The summed E-state index contributed by atoms with van der Waals surface area (Å²) >= 11 is 4.45. The first kappa shape index (κ1) is 19.8. The first-order valence-electron chi connectivity index (χ1n) is 8.16. The SMILES string of the molecule is O=C(N/N=C\c1ccc(OCc2ccc(I)cc2)cc1)c1cccc(I)c1. The topological polar surface area (TPSA) is 50.7 Å². The molecule has 0 atom stereocenters. The van der Waals surface area contributed by atoms with Crippen molar-refractivity contribution in [3.05, 3.63) is 96.6 Å². The maximum Gasteiger partial charge on any atom is 0.271 e. The fourth-order valence-corrected chi connectivity index (χ4v) is 3.16. The highest BCUT2D eigenvalue weighted by atomic mass is 127. The number of carbonyl (C=O) groups excluding carboxylic acids is 1. The molecule has 0 fully saturated rings. The fraction of sp³-hybridized carbons (Fsp3) is 0.0476. The van der Waals surface area contributed by atoms with Crippen molar-refractivity contribution < 1.29 is 9.53 Å². The van der Waals surface area contributed by atoms with Gasteiger partial charge in [-0.3, -0.25) is 4.79 Å². The monoisotopic (exact) mass is 582 g/mol. The average Bonchev–Trinajstić information content (AvgIpc) is 2.68. The van der Waals surface area contributed by atoms with Crippen molar-refractivity contribution in [1.29, 1.82) is 0 Å². The predicted molar refractivity (Wildman–Crippen MR) is 124 cm³/mol. The molecule has 4 nitrogen and oxygen atoms in total. The number of hydrazone groups is 1. The molecule has 0 aliphatic heterocycles. The van der Waals surface area contributed by atoms with Crippen molar-refractivity contribution >= 4 is 57.3 Å². The Kier molecular flexibility index (Phi) is 7.22. The molecule has 0 saturated carbocycles. The van der Waals surface area contributed by atoms with E-state index in [4.69, 9.17) is 4.74 Å². The lowest BCUT2D eigenvalue weighted by Crippen LogP contribution is -2.17. The van der Waals surface area contributed by atoms with Gasteiger partial charge in [0, 0.05) is 12.7 Å². The maximum absolute atomic E-state index is 12.0. The zero-order valence-electron chi connectivity index (χ0n) is 14.2. The summed E-state index contributed by atoms with van der Waals surface area (Å²) in [6.45, 7) is 0.524. The largest absolute Gasteiger partial charge is 0.489 e. The van der Waals surface area contributed by atoms with Crippen LogP contribution in [0, 0.1) is 7.14 Å². The van der Waals surface area contributed by atoms with E-state index in [1.54, 1.807) is 12.3 Å². The lowest BCUT2D eigenvalue weighted by Gasteiger charge is -2.06. The third-order valence-corrected chi connectivity index (χ3v) is 5.06. The molecule has 3 aromatic carbocycles. The highest BCUT2D eigenvalue weighted by molar-refractivity contribution is 14.1. The van der Waals surface area contributed by atoms with Crippen LogP contribution in [-0.4, -0.2) is 12.1 Å². The number of carbonyl (C=O) groups is 1. The lowest BCUT2D eigenvalue weighted by atomic mass is 10.2. The molecule has 0 aliphatic carbocycles. The van der Waals surface area contributed by atoms with E-state index in [0.29, 0.717) is 12.2 Å². The van der Waals surface area contributed by atoms with E-state index in [9.17, 15) is 4.79 Å². The van der Waals surface area contributed by atoms with Crippen LogP contribution in [-0.2, 0) is 6.61 Å². The molecule has 0 aliphatic rings. The van der Waals surface area contributed by atoms with Crippen LogP contribution in [0.2, 0.25) is 0 Å². The first-order chi connectivity index (χ1) is 13.1. The van der Waals surface area contributed by atoms with Gasteiger partial charge in [-0.25, -0.2) is 5.43 Å². The molecule has 3 aromatic rings.